The molecule has 1 aliphatic rings. The normalized spacial score (nSPS) is 16.7. The Labute approximate surface area is 138 Å². The fourth-order valence-electron chi connectivity index (χ4n) is 3.25. The van der Waals surface area contributed by atoms with E-state index in [1.54, 1.807) is 0 Å². The highest BCUT2D eigenvalue weighted by atomic mass is 16.2. The Morgan fingerprint density at radius 3 is 2.65 bits per heavy atom. The van der Waals surface area contributed by atoms with Gasteiger partial charge in [-0.05, 0) is 55.2 Å². The molecule has 0 fully saturated rings. The number of carbonyl (C=O) groups excluding carboxylic acids is 1. The standard InChI is InChI=1S/C20H23N2O/c1-3-22(4-2)20(23)17-11-9-16(10-12-17)19-18-8-6-5-7-15(18)13-14-21-19/h6-12,19,21H,3-4,13-14H2,1-2H3. The first-order valence-corrected chi connectivity index (χ1v) is 8.36. The molecule has 0 bridgehead atoms. The van der Waals surface area contributed by atoms with Gasteiger partial charge in [0.15, 0.2) is 0 Å². The topological polar surface area (TPSA) is 32.3 Å². The van der Waals surface area contributed by atoms with E-state index in [2.05, 4.69) is 35.6 Å². The number of amides is 1. The predicted octanol–water partition coefficient (Wildman–Crippen LogP) is 3.20. The molecule has 3 heteroatoms. The average Bonchev–Trinajstić information content (AvgIpc) is 2.62. The van der Waals surface area contributed by atoms with Gasteiger partial charge in [-0.2, -0.15) is 0 Å². The molecule has 3 nitrogen and oxygen atoms in total. The second-order valence-electron chi connectivity index (χ2n) is 5.86. The van der Waals surface area contributed by atoms with Gasteiger partial charge in [0, 0.05) is 25.2 Å². The van der Waals surface area contributed by atoms with Crippen LogP contribution in [0.2, 0.25) is 0 Å². The van der Waals surface area contributed by atoms with Crippen molar-refractivity contribution in [1.29, 1.82) is 0 Å². The second kappa shape index (κ2) is 6.97. The van der Waals surface area contributed by atoms with Gasteiger partial charge in [-0.3, -0.25) is 4.79 Å². The van der Waals surface area contributed by atoms with Gasteiger partial charge in [0.1, 0.15) is 0 Å². The molecule has 0 saturated carbocycles. The lowest BCUT2D eigenvalue weighted by Crippen LogP contribution is -2.31. The zero-order valence-electron chi connectivity index (χ0n) is 13.8. The maximum absolute atomic E-state index is 12.4. The molecule has 3 rings (SSSR count). The Bertz CT molecular complexity index is 674. The van der Waals surface area contributed by atoms with Crippen molar-refractivity contribution < 1.29 is 4.79 Å². The molecule has 1 amide bonds. The van der Waals surface area contributed by atoms with Crippen LogP contribution in [0.25, 0.3) is 0 Å². The highest BCUT2D eigenvalue weighted by molar-refractivity contribution is 5.94. The molecule has 119 valence electrons. The average molecular weight is 307 g/mol. The summed E-state index contributed by atoms with van der Waals surface area (Å²) in [5.74, 6) is 0.105. The molecule has 1 radical (unpaired) electrons. The van der Waals surface area contributed by atoms with Crippen molar-refractivity contribution >= 4 is 5.91 Å². The van der Waals surface area contributed by atoms with E-state index in [1.807, 2.05) is 36.9 Å². The van der Waals surface area contributed by atoms with Crippen LogP contribution in [0.1, 0.15) is 46.9 Å². The fourth-order valence-corrected chi connectivity index (χ4v) is 3.25. The van der Waals surface area contributed by atoms with E-state index in [0.717, 1.165) is 31.6 Å². The molecule has 23 heavy (non-hydrogen) atoms. The Hall–Kier alpha value is -2.13. The van der Waals surface area contributed by atoms with E-state index < -0.39 is 0 Å². The summed E-state index contributed by atoms with van der Waals surface area (Å²) in [6.07, 6.45) is 1.04. The molecular weight excluding hydrogens is 284 g/mol. The molecule has 0 aliphatic carbocycles. The Balaban J connectivity index is 1.85. The highest BCUT2D eigenvalue weighted by Crippen LogP contribution is 2.28. The van der Waals surface area contributed by atoms with Gasteiger partial charge in [0.2, 0.25) is 0 Å². The van der Waals surface area contributed by atoms with E-state index in [-0.39, 0.29) is 11.9 Å². The lowest BCUT2D eigenvalue weighted by atomic mass is 9.89. The van der Waals surface area contributed by atoms with Gasteiger partial charge < -0.3 is 10.2 Å². The quantitative estimate of drug-likeness (QED) is 0.941. The van der Waals surface area contributed by atoms with E-state index in [4.69, 9.17) is 0 Å². The number of fused-ring (bicyclic) bond motifs is 1. The Morgan fingerprint density at radius 1 is 1.22 bits per heavy atom. The molecule has 0 saturated heterocycles. The van der Waals surface area contributed by atoms with Gasteiger partial charge in [-0.25, -0.2) is 0 Å². The van der Waals surface area contributed by atoms with Crippen LogP contribution in [0.3, 0.4) is 0 Å². The van der Waals surface area contributed by atoms with Gasteiger partial charge in [-0.1, -0.05) is 30.3 Å². The molecule has 1 atom stereocenters. The lowest BCUT2D eigenvalue weighted by molar-refractivity contribution is 0.0773. The third-order valence-corrected chi connectivity index (χ3v) is 4.58. The molecule has 2 aromatic carbocycles. The minimum absolute atomic E-state index is 0.105. The van der Waals surface area contributed by atoms with Crippen molar-refractivity contribution in [1.82, 2.24) is 10.2 Å². The maximum atomic E-state index is 12.4. The van der Waals surface area contributed by atoms with Crippen LogP contribution >= 0.6 is 0 Å². The van der Waals surface area contributed by atoms with Crippen LogP contribution in [0.4, 0.5) is 0 Å². The molecule has 1 unspecified atom stereocenters. The highest BCUT2D eigenvalue weighted by Gasteiger charge is 2.21. The summed E-state index contributed by atoms with van der Waals surface area (Å²) in [5.41, 5.74) is 4.64. The largest absolute Gasteiger partial charge is 0.339 e. The van der Waals surface area contributed by atoms with Gasteiger partial charge in [-0.15, -0.1) is 0 Å². The Morgan fingerprint density at radius 2 is 1.96 bits per heavy atom. The van der Waals surface area contributed by atoms with Crippen LogP contribution in [0, 0.1) is 6.07 Å². The molecule has 1 aliphatic heterocycles. The third-order valence-electron chi connectivity index (χ3n) is 4.58. The second-order valence-corrected chi connectivity index (χ2v) is 5.86. The number of carbonyl (C=O) groups is 1. The molecule has 0 aromatic heterocycles. The van der Waals surface area contributed by atoms with Crippen molar-refractivity contribution in [2.24, 2.45) is 0 Å². The first-order chi connectivity index (χ1) is 11.2. The Kier molecular flexibility index (Phi) is 4.77. The van der Waals surface area contributed by atoms with Crippen LogP contribution in [0.15, 0.2) is 42.5 Å². The van der Waals surface area contributed by atoms with E-state index in [1.165, 1.54) is 16.7 Å². The number of rotatable bonds is 4. The molecular formula is C20H23N2O. The van der Waals surface area contributed by atoms with E-state index in [0.29, 0.717) is 0 Å². The van der Waals surface area contributed by atoms with Gasteiger partial charge >= 0.3 is 0 Å². The number of hydrogen-bond acceptors (Lipinski definition) is 2. The van der Waals surface area contributed by atoms with E-state index >= 15 is 0 Å². The number of nitrogens with one attached hydrogen (secondary N) is 1. The first kappa shape index (κ1) is 15.8. The third kappa shape index (κ3) is 3.15. The molecule has 2 aromatic rings. The number of benzene rings is 2. The summed E-state index contributed by atoms with van der Waals surface area (Å²) in [6.45, 7) is 6.47. The minimum atomic E-state index is 0.105. The fraction of sp³-hybridized carbons (Fsp3) is 0.350. The van der Waals surface area contributed by atoms with Crippen molar-refractivity contribution in [2.75, 3.05) is 19.6 Å². The maximum Gasteiger partial charge on any atom is 0.253 e. The van der Waals surface area contributed by atoms with Crippen molar-refractivity contribution in [3.8, 4) is 0 Å². The summed E-state index contributed by atoms with van der Waals surface area (Å²) < 4.78 is 0. The van der Waals surface area contributed by atoms with Crippen LogP contribution in [-0.2, 0) is 6.42 Å². The number of hydrogen-bond donors (Lipinski definition) is 1. The van der Waals surface area contributed by atoms with Gasteiger partial charge in [0.25, 0.3) is 5.91 Å². The minimum Gasteiger partial charge on any atom is -0.339 e. The summed E-state index contributed by atoms with van der Waals surface area (Å²) in [7, 11) is 0. The SMILES string of the molecule is CCN(CC)C(=O)c1ccc(C2NCCc3c[c]ccc32)cc1. The zero-order valence-corrected chi connectivity index (χ0v) is 13.8. The lowest BCUT2D eigenvalue weighted by Gasteiger charge is -2.27. The molecule has 1 heterocycles. The van der Waals surface area contributed by atoms with Crippen LogP contribution in [-0.4, -0.2) is 30.4 Å². The molecule has 1 N–H and O–H groups in total. The predicted molar refractivity (Wildman–Crippen MR) is 92.5 cm³/mol. The van der Waals surface area contributed by atoms with Crippen molar-refractivity contribution in [2.45, 2.75) is 26.3 Å². The zero-order chi connectivity index (χ0) is 16.2. The van der Waals surface area contributed by atoms with E-state index in [9.17, 15) is 4.79 Å². The molecule has 0 spiro atoms. The number of nitrogens with zero attached hydrogens (tertiary/aromatic N) is 1. The first-order valence-electron chi connectivity index (χ1n) is 8.36. The van der Waals surface area contributed by atoms with Crippen LogP contribution < -0.4 is 5.32 Å². The van der Waals surface area contributed by atoms with Crippen molar-refractivity contribution in [3.05, 3.63) is 70.8 Å². The summed E-state index contributed by atoms with van der Waals surface area (Å²) >= 11 is 0. The van der Waals surface area contributed by atoms with Gasteiger partial charge in [0.05, 0.1) is 6.04 Å². The smallest absolute Gasteiger partial charge is 0.253 e. The van der Waals surface area contributed by atoms with Crippen molar-refractivity contribution in [3.63, 3.8) is 0 Å². The van der Waals surface area contributed by atoms with Crippen LogP contribution in [0.5, 0.6) is 0 Å². The monoisotopic (exact) mass is 307 g/mol. The summed E-state index contributed by atoms with van der Waals surface area (Å²) in [5, 5.41) is 3.58. The summed E-state index contributed by atoms with van der Waals surface area (Å²) in [4.78, 5) is 14.2. The summed E-state index contributed by atoms with van der Waals surface area (Å²) in [6, 6.07) is 17.6.